The van der Waals surface area contributed by atoms with Gasteiger partial charge in [0, 0.05) is 16.6 Å². The summed E-state index contributed by atoms with van der Waals surface area (Å²) in [6, 6.07) is 7.43. The molecule has 1 saturated heterocycles. The summed E-state index contributed by atoms with van der Waals surface area (Å²) in [7, 11) is 0. The van der Waals surface area contributed by atoms with Crippen LogP contribution < -0.4 is 0 Å². The van der Waals surface area contributed by atoms with Crippen molar-refractivity contribution in [2.24, 2.45) is 0 Å². The summed E-state index contributed by atoms with van der Waals surface area (Å²) in [5.41, 5.74) is -0.599. The van der Waals surface area contributed by atoms with Crippen LogP contribution in [0.3, 0.4) is 0 Å². The topological polar surface area (TPSA) is 9.23 Å². The summed E-state index contributed by atoms with van der Waals surface area (Å²) in [6.45, 7) is 0.853. The van der Waals surface area contributed by atoms with Gasteiger partial charge in [-0.3, -0.25) is 0 Å². The number of halogens is 2. The highest BCUT2D eigenvalue weighted by Gasteiger charge is 2.35. The Morgan fingerprint density at radius 3 is 2.79 bits per heavy atom. The largest absolute Gasteiger partial charge is 0.378 e. The third-order valence-corrected chi connectivity index (χ3v) is 3.24. The van der Waals surface area contributed by atoms with Gasteiger partial charge in [0.25, 0.3) is 0 Å². The van der Waals surface area contributed by atoms with Crippen molar-refractivity contribution in [3.05, 3.63) is 34.3 Å². The van der Waals surface area contributed by atoms with Crippen LogP contribution >= 0.6 is 15.9 Å². The minimum atomic E-state index is -1.31. The zero-order chi connectivity index (χ0) is 10.0. The Labute approximate surface area is 91.4 Å². The number of alkyl halides is 1. The summed E-state index contributed by atoms with van der Waals surface area (Å²) in [6.07, 6.45) is 1.34. The number of rotatable bonds is 1. The summed E-state index contributed by atoms with van der Waals surface area (Å²) >= 11 is 3.37. The van der Waals surface area contributed by atoms with E-state index in [1.54, 1.807) is 0 Å². The van der Waals surface area contributed by atoms with Crippen LogP contribution in [0.1, 0.15) is 18.4 Å². The molecule has 1 heterocycles. The molecule has 0 N–H and O–H groups in total. The molecule has 0 aromatic heterocycles. The van der Waals surface area contributed by atoms with Gasteiger partial charge >= 0.3 is 0 Å². The molecule has 76 valence electrons. The Morgan fingerprint density at radius 2 is 2.14 bits per heavy atom. The lowest BCUT2D eigenvalue weighted by atomic mass is 9.90. The molecule has 1 aliphatic heterocycles. The lowest BCUT2D eigenvalue weighted by molar-refractivity contribution is -0.0351. The van der Waals surface area contributed by atoms with E-state index in [0.29, 0.717) is 18.6 Å². The molecule has 1 aliphatic rings. The number of ether oxygens (including phenoxy) is 1. The highest BCUT2D eigenvalue weighted by Crippen LogP contribution is 2.38. The van der Waals surface area contributed by atoms with Crippen molar-refractivity contribution in [1.29, 1.82) is 0 Å². The summed E-state index contributed by atoms with van der Waals surface area (Å²) in [4.78, 5) is 0. The minimum Gasteiger partial charge on any atom is -0.378 e. The van der Waals surface area contributed by atoms with E-state index in [-0.39, 0.29) is 6.61 Å². The van der Waals surface area contributed by atoms with E-state index in [0.717, 1.165) is 10.9 Å². The Hall–Kier alpha value is -0.410. The molecule has 1 atom stereocenters. The molecule has 1 nitrogen and oxygen atoms in total. The first-order valence-corrected chi connectivity index (χ1v) is 5.53. The van der Waals surface area contributed by atoms with Gasteiger partial charge in [0.15, 0.2) is 5.67 Å². The minimum absolute atomic E-state index is 0.176. The molecule has 1 unspecified atom stereocenters. The van der Waals surface area contributed by atoms with Crippen LogP contribution in [0.4, 0.5) is 4.39 Å². The molecule has 0 spiro atoms. The Morgan fingerprint density at radius 1 is 1.36 bits per heavy atom. The highest BCUT2D eigenvalue weighted by molar-refractivity contribution is 9.10. The number of hydrogen-bond acceptors (Lipinski definition) is 1. The lowest BCUT2D eigenvalue weighted by Gasteiger charge is -2.30. The van der Waals surface area contributed by atoms with E-state index in [4.69, 9.17) is 4.74 Å². The van der Waals surface area contributed by atoms with E-state index >= 15 is 0 Å². The highest BCUT2D eigenvalue weighted by atomic mass is 79.9. The predicted octanol–water partition coefficient (Wildman–Crippen LogP) is 3.42. The van der Waals surface area contributed by atoms with Gasteiger partial charge in [-0.1, -0.05) is 34.1 Å². The summed E-state index contributed by atoms with van der Waals surface area (Å²) < 4.78 is 20.4. The Kier molecular flexibility index (Phi) is 2.88. The molecular formula is C11H12BrFO. The zero-order valence-corrected chi connectivity index (χ0v) is 9.39. The van der Waals surface area contributed by atoms with Crippen molar-refractivity contribution in [1.82, 2.24) is 0 Å². The molecule has 1 fully saturated rings. The lowest BCUT2D eigenvalue weighted by Crippen LogP contribution is -2.31. The van der Waals surface area contributed by atoms with Crippen molar-refractivity contribution >= 4 is 15.9 Å². The third kappa shape index (κ3) is 1.84. The van der Waals surface area contributed by atoms with E-state index < -0.39 is 5.67 Å². The van der Waals surface area contributed by atoms with Crippen LogP contribution in [0, 0.1) is 0 Å². The molecule has 3 heteroatoms. The summed E-state index contributed by atoms with van der Waals surface area (Å²) in [5, 5.41) is 0. The Balaban J connectivity index is 2.32. The molecule has 0 amide bonds. The van der Waals surface area contributed by atoms with Gasteiger partial charge in [-0.2, -0.15) is 0 Å². The fourth-order valence-corrected chi connectivity index (χ4v) is 2.44. The van der Waals surface area contributed by atoms with Crippen LogP contribution in [0.5, 0.6) is 0 Å². The number of hydrogen-bond donors (Lipinski definition) is 0. The first kappa shape index (κ1) is 10.1. The van der Waals surface area contributed by atoms with Gasteiger partial charge in [-0.15, -0.1) is 0 Å². The molecule has 0 bridgehead atoms. The van der Waals surface area contributed by atoms with Crippen LogP contribution in [-0.2, 0) is 10.4 Å². The molecule has 0 saturated carbocycles. The second-order valence-corrected chi connectivity index (χ2v) is 4.46. The maximum absolute atomic E-state index is 14.4. The fraction of sp³-hybridized carbons (Fsp3) is 0.455. The fourth-order valence-electron chi connectivity index (χ4n) is 1.80. The molecule has 2 rings (SSSR count). The van der Waals surface area contributed by atoms with Gasteiger partial charge in [0.2, 0.25) is 0 Å². The Bertz CT molecular complexity index is 321. The average Bonchev–Trinajstić information content (AvgIpc) is 2.19. The van der Waals surface area contributed by atoms with Crippen molar-refractivity contribution in [3.63, 3.8) is 0 Å². The molecular weight excluding hydrogens is 247 g/mol. The zero-order valence-electron chi connectivity index (χ0n) is 7.80. The average molecular weight is 259 g/mol. The van der Waals surface area contributed by atoms with Crippen LogP contribution in [0.15, 0.2) is 28.7 Å². The van der Waals surface area contributed by atoms with Crippen molar-refractivity contribution in [2.75, 3.05) is 13.2 Å². The van der Waals surface area contributed by atoms with Gasteiger partial charge in [-0.25, -0.2) is 4.39 Å². The van der Waals surface area contributed by atoms with Crippen molar-refractivity contribution in [3.8, 4) is 0 Å². The first-order chi connectivity index (χ1) is 6.72. The molecule has 1 aromatic carbocycles. The smallest absolute Gasteiger partial charge is 0.160 e. The van der Waals surface area contributed by atoms with Crippen LogP contribution in [0.2, 0.25) is 0 Å². The van der Waals surface area contributed by atoms with Crippen LogP contribution in [-0.4, -0.2) is 13.2 Å². The van der Waals surface area contributed by atoms with Crippen LogP contribution in [0.25, 0.3) is 0 Å². The van der Waals surface area contributed by atoms with E-state index in [1.807, 2.05) is 24.3 Å². The SMILES string of the molecule is FC1(c2ccccc2Br)CCCOC1. The van der Waals surface area contributed by atoms with Gasteiger partial charge in [0.1, 0.15) is 0 Å². The monoisotopic (exact) mass is 258 g/mol. The second-order valence-electron chi connectivity index (χ2n) is 3.60. The van der Waals surface area contributed by atoms with Gasteiger partial charge < -0.3 is 4.74 Å². The van der Waals surface area contributed by atoms with Gasteiger partial charge in [0.05, 0.1) is 6.61 Å². The maximum Gasteiger partial charge on any atom is 0.160 e. The van der Waals surface area contributed by atoms with E-state index in [9.17, 15) is 4.39 Å². The quantitative estimate of drug-likeness (QED) is 0.750. The van der Waals surface area contributed by atoms with Crippen molar-refractivity contribution in [2.45, 2.75) is 18.5 Å². The molecule has 1 aromatic rings. The van der Waals surface area contributed by atoms with E-state index in [2.05, 4.69) is 15.9 Å². The van der Waals surface area contributed by atoms with Gasteiger partial charge in [-0.05, 0) is 18.9 Å². The predicted molar refractivity (Wildman–Crippen MR) is 57.0 cm³/mol. The summed E-state index contributed by atoms with van der Waals surface area (Å²) in [5.74, 6) is 0. The second kappa shape index (κ2) is 3.99. The molecule has 0 aliphatic carbocycles. The molecule has 14 heavy (non-hydrogen) atoms. The van der Waals surface area contributed by atoms with E-state index in [1.165, 1.54) is 0 Å². The third-order valence-electron chi connectivity index (χ3n) is 2.55. The number of benzene rings is 1. The van der Waals surface area contributed by atoms with Crippen molar-refractivity contribution < 1.29 is 9.13 Å². The molecule has 0 radical (unpaired) electrons. The first-order valence-electron chi connectivity index (χ1n) is 4.74. The maximum atomic E-state index is 14.4. The standard InChI is InChI=1S/C11H12BrFO/c12-10-5-2-1-4-9(10)11(13)6-3-7-14-8-11/h1-2,4-5H,3,6-8H2. The normalized spacial score (nSPS) is 27.6.